The van der Waals surface area contributed by atoms with E-state index in [-0.39, 0.29) is 23.9 Å². The molecule has 2 amide bonds. The van der Waals surface area contributed by atoms with E-state index in [1.807, 2.05) is 37.5 Å². The van der Waals surface area contributed by atoms with E-state index in [4.69, 9.17) is 0 Å². The Labute approximate surface area is 202 Å². The minimum Gasteiger partial charge on any atom is -0.356 e. The van der Waals surface area contributed by atoms with E-state index in [0.717, 1.165) is 76.0 Å². The monoisotopic (exact) mass is 468 g/mol. The number of rotatable bonds is 9. The molecule has 1 aromatic carbocycles. The molecule has 0 spiro atoms. The largest absolute Gasteiger partial charge is 0.356 e. The average Bonchev–Trinajstić information content (AvgIpc) is 3.34. The van der Waals surface area contributed by atoms with E-state index >= 15 is 0 Å². The van der Waals surface area contributed by atoms with Gasteiger partial charge in [-0.05, 0) is 61.9 Å². The Kier molecular flexibility index (Phi) is 8.71. The number of nitrogens with one attached hydrogen (secondary N) is 3. The smallest absolute Gasteiger partial charge is 0.317 e. The summed E-state index contributed by atoms with van der Waals surface area (Å²) in [5.74, 6) is 0.823. The third-order valence-corrected chi connectivity index (χ3v) is 6.92. The molecule has 2 atom stereocenters. The maximum absolute atomic E-state index is 13.5. The number of carbonyl (C=O) groups excluding carboxylic acids is 1. The van der Waals surface area contributed by atoms with Crippen molar-refractivity contribution in [2.75, 3.05) is 31.6 Å². The molecule has 0 saturated carbocycles. The summed E-state index contributed by atoms with van der Waals surface area (Å²) >= 11 is 0. The predicted octanol–water partition coefficient (Wildman–Crippen LogP) is 4.00. The number of hydrogen-bond acceptors (Lipinski definition) is 5. The molecule has 0 aliphatic carbocycles. The minimum absolute atomic E-state index is 0.0240. The summed E-state index contributed by atoms with van der Waals surface area (Å²) in [6.07, 6.45) is 8.93. The number of hydrogen-bond donors (Lipinski definition) is 3. The Bertz CT molecular complexity index is 905. The van der Waals surface area contributed by atoms with Crippen LogP contribution in [0.25, 0.3) is 0 Å². The number of unbranched alkanes of at least 4 members (excludes halogenated alkanes) is 2. The second kappa shape index (κ2) is 12.1. The van der Waals surface area contributed by atoms with Crippen LogP contribution in [0.2, 0.25) is 0 Å². The molecular formula is C26H37FN6O. The summed E-state index contributed by atoms with van der Waals surface area (Å²) in [5, 5.41) is 3.20. The molecule has 7 nitrogen and oxygen atoms in total. The van der Waals surface area contributed by atoms with Gasteiger partial charge in [-0.1, -0.05) is 31.0 Å². The molecule has 2 unspecified atom stereocenters. The van der Waals surface area contributed by atoms with E-state index in [1.165, 1.54) is 6.07 Å². The first kappa shape index (κ1) is 24.4. The molecule has 2 fully saturated rings. The van der Waals surface area contributed by atoms with Crippen molar-refractivity contribution in [1.29, 1.82) is 0 Å². The highest BCUT2D eigenvalue weighted by atomic mass is 19.1. The summed E-state index contributed by atoms with van der Waals surface area (Å²) in [5.41, 5.74) is 7.63. The number of amides is 2. The first-order chi connectivity index (χ1) is 16.6. The third-order valence-electron chi connectivity index (χ3n) is 6.92. The van der Waals surface area contributed by atoms with Crippen molar-refractivity contribution < 1.29 is 9.18 Å². The van der Waals surface area contributed by atoms with E-state index < -0.39 is 0 Å². The highest BCUT2D eigenvalue weighted by molar-refractivity contribution is 5.74. The number of pyridine rings is 1. The molecule has 0 bridgehead atoms. The van der Waals surface area contributed by atoms with Gasteiger partial charge in [0.1, 0.15) is 11.6 Å². The first-order valence-corrected chi connectivity index (χ1v) is 12.5. The fraction of sp³-hybridized carbons (Fsp3) is 0.538. The van der Waals surface area contributed by atoms with Gasteiger partial charge in [0.05, 0.1) is 0 Å². The van der Waals surface area contributed by atoms with Crippen LogP contribution in [0.1, 0.15) is 56.6 Å². The van der Waals surface area contributed by atoms with Crippen molar-refractivity contribution in [3.8, 4) is 0 Å². The summed E-state index contributed by atoms with van der Waals surface area (Å²) < 4.78 is 13.5. The topological polar surface area (TPSA) is 72.5 Å². The van der Waals surface area contributed by atoms with Crippen LogP contribution in [0.3, 0.4) is 0 Å². The number of piperidine rings is 1. The highest BCUT2D eigenvalue weighted by Crippen LogP contribution is 2.25. The molecule has 1 aromatic heterocycles. The lowest BCUT2D eigenvalue weighted by molar-refractivity contribution is 0.201. The van der Waals surface area contributed by atoms with Gasteiger partial charge in [0.25, 0.3) is 0 Å². The predicted molar refractivity (Wildman–Crippen MR) is 133 cm³/mol. The average molecular weight is 469 g/mol. The lowest BCUT2D eigenvalue weighted by atomic mass is 9.99. The van der Waals surface area contributed by atoms with Crippen molar-refractivity contribution in [3.63, 3.8) is 0 Å². The number of aromatic nitrogens is 1. The molecule has 184 valence electrons. The maximum atomic E-state index is 13.5. The van der Waals surface area contributed by atoms with Crippen LogP contribution < -0.4 is 21.1 Å². The zero-order chi connectivity index (χ0) is 23.8. The Morgan fingerprint density at radius 3 is 2.76 bits per heavy atom. The van der Waals surface area contributed by atoms with Crippen molar-refractivity contribution in [2.45, 2.75) is 63.1 Å². The number of carbonyl (C=O) groups is 1. The first-order valence-electron chi connectivity index (χ1n) is 12.5. The van der Waals surface area contributed by atoms with Crippen LogP contribution in [-0.2, 0) is 0 Å². The standard InChI is InChI=1S/C26H37FN6O/c1-32(26(34)29-22-12-16-33(17-13-22)25-11-4-5-14-28-25)15-6-2-3-10-23-19-24(31-30-23)20-8-7-9-21(27)18-20/h4-5,7-9,11,14,18,22-24,30-31H,2-3,6,10,12-13,15-17,19H2,1H3,(H,29,34). The SMILES string of the molecule is CN(CCCCCC1CC(c2cccc(F)c2)NN1)C(=O)NC1CCN(c2ccccn2)CC1. The second-order valence-electron chi connectivity index (χ2n) is 9.50. The molecule has 34 heavy (non-hydrogen) atoms. The number of anilines is 1. The zero-order valence-corrected chi connectivity index (χ0v) is 20.0. The molecule has 2 aromatic rings. The normalized spacial score (nSPS) is 20.9. The summed E-state index contributed by atoms with van der Waals surface area (Å²) in [7, 11) is 1.88. The van der Waals surface area contributed by atoms with E-state index in [9.17, 15) is 9.18 Å². The molecule has 0 radical (unpaired) electrons. The van der Waals surface area contributed by atoms with Crippen LogP contribution in [0, 0.1) is 5.82 Å². The third kappa shape index (κ3) is 6.90. The van der Waals surface area contributed by atoms with E-state index in [1.54, 1.807) is 17.0 Å². The van der Waals surface area contributed by atoms with Crippen LogP contribution >= 0.6 is 0 Å². The Balaban J connectivity index is 1.07. The van der Waals surface area contributed by atoms with Crippen LogP contribution in [0.15, 0.2) is 48.7 Å². The number of benzene rings is 1. The maximum Gasteiger partial charge on any atom is 0.317 e. The van der Waals surface area contributed by atoms with Crippen molar-refractivity contribution >= 4 is 11.8 Å². The number of hydrazine groups is 1. The van der Waals surface area contributed by atoms with Crippen LogP contribution in [0.4, 0.5) is 15.0 Å². The van der Waals surface area contributed by atoms with Gasteiger partial charge in [-0.15, -0.1) is 0 Å². The van der Waals surface area contributed by atoms with Crippen molar-refractivity contribution in [1.82, 2.24) is 26.1 Å². The minimum atomic E-state index is -0.189. The lowest BCUT2D eigenvalue weighted by Gasteiger charge is -2.34. The van der Waals surface area contributed by atoms with Gasteiger partial charge in [-0.2, -0.15) is 0 Å². The highest BCUT2D eigenvalue weighted by Gasteiger charge is 2.25. The molecule has 2 saturated heterocycles. The molecule has 3 heterocycles. The fourth-order valence-electron chi connectivity index (χ4n) is 4.85. The van der Waals surface area contributed by atoms with Crippen molar-refractivity contribution in [2.24, 2.45) is 0 Å². The molecular weight excluding hydrogens is 431 g/mol. The Morgan fingerprint density at radius 2 is 2.00 bits per heavy atom. The molecule has 8 heteroatoms. The Morgan fingerprint density at radius 1 is 1.15 bits per heavy atom. The van der Waals surface area contributed by atoms with Gasteiger partial charge in [-0.25, -0.2) is 14.2 Å². The van der Waals surface area contributed by atoms with Crippen molar-refractivity contribution in [3.05, 3.63) is 60.0 Å². The Hall–Kier alpha value is -2.71. The number of nitrogens with zero attached hydrogens (tertiary/aromatic N) is 3. The zero-order valence-electron chi connectivity index (χ0n) is 20.0. The van der Waals surface area contributed by atoms with Gasteiger partial charge in [0, 0.05) is 51.0 Å². The van der Waals surface area contributed by atoms with Gasteiger partial charge < -0.3 is 15.1 Å². The van der Waals surface area contributed by atoms with Crippen LogP contribution in [0.5, 0.6) is 0 Å². The summed E-state index contributed by atoms with van der Waals surface area (Å²) in [6, 6.07) is 13.6. The second-order valence-corrected chi connectivity index (χ2v) is 9.50. The fourth-order valence-corrected chi connectivity index (χ4v) is 4.85. The van der Waals surface area contributed by atoms with Gasteiger partial charge in [0.2, 0.25) is 0 Å². The molecule has 4 rings (SSSR count). The number of halogens is 1. The van der Waals surface area contributed by atoms with Gasteiger partial charge in [0.15, 0.2) is 0 Å². The summed E-state index contributed by atoms with van der Waals surface area (Å²) in [4.78, 5) is 21.1. The summed E-state index contributed by atoms with van der Waals surface area (Å²) in [6.45, 7) is 2.59. The molecule has 2 aliphatic heterocycles. The molecule has 2 aliphatic rings. The lowest BCUT2D eigenvalue weighted by Crippen LogP contribution is -2.48. The van der Waals surface area contributed by atoms with E-state index in [0.29, 0.717) is 6.04 Å². The van der Waals surface area contributed by atoms with Crippen LogP contribution in [-0.4, -0.2) is 54.7 Å². The molecule has 3 N–H and O–H groups in total. The van der Waals surface area contributed by atoms with E-state index in [2.05, 4.69) is 26.1 Å². The van der Waals surface area contributed by atoms with Gasteiger partial charge in [-0.3, -0.25) is 10.9 Å². The van der Waals surface area contributed by atoms with Gasteiger partial charge >= 0.3 is 6.03 Å². The number of urea groups is 1. The quantitative estimate of drug-likeness (QED) is 0.485.